The van der Waals surface area contributed by atoms with E-state index in [0.29, 0.717) is 10.6 Å². The van der Waals surface area contributed by atoms with Crippen molar-refractivity contribution in [1.29, 1.82) is 0 Å². The zero-order chi connectivity index (χ0) is 19.6. The number of nitrogens with zero attached hydrogens (tertiary/aromatic N) is 2. The maximum absolute atomic E-state index is 13.3. The standard InChI is InChI=1S/C18H13ClF3N3O2/c19-12-7-4-8-13(9-12)25-14(10-15(24-25)18(20,21)22)16(23-17(26)27)11-5-2-1-3-6-11/h1-10,16,23H,(H,26,27). The van der Waals surface area contributed by atoms with Gasteiger partial charge in [-0.15, -0.1) is 0 Å². The molecule has 5 nitrogen and oxygen atoms in total. The Bertz CT molecular complexity index is 958. The summed E-state index contributed by atoms with van der Waals surface area (Å²) >= 11 is 5.95. The Labute approximate surface area is 157 Å². The molecule has 1 heterocycles. The predicted octanol–water partition coefficient (Wildman–Crippen LogP) is 4.90. The molecule has 0 aliphatic carbocycles. The Morgan fingerprint density at radius 3 is 2.41 bits per heavy atom. The van der Waals surface area contributed by atoms with Crippen molar-refractivity contribution in [1.82, 2.24) is 15.1 Å². The van der Waals surface area contributed by atoms with E-state index >= 15 is 0 Å². The largest absolute Gasteiger partial charge is 0.465 e. The van der Waals surface area contributed by atoms with E-state index in [4.69, 9.17) is 11.6 Å². The van der Waals surface area contributed by atoms with Gasteiger partial charge in [0.05, 0.1) is 17.4 Å². The highest BCUT2D eigenvalue weighted by molar-refractivity contribution is 6.30. The molecule has 1 amide bonds. The smallest absolute Gasteiger partial charge is 0.435 e. The number of benzene rings is 2. The first-order chi connectivity index (χ1) is 12.8. The van der Waals surface area contributed by atoms with E-state index in [1.165, 1.54) is 12.1 Å². The number of hydrogen-bond acceptors (Lipinski definition) is 2. The topological polar surface area (TPSA) is 67.2 Å². The number of carbonyl (C=O) groups is 1. The van der Waals surface area contributed by atoms with E-state index < -0.39 is 24.0 Å². The van der Waals surface area contributed by atoms with Crippen LogP contribution in [0.1, 0.15) is 23.0 Å². The van der Waals surface area contributed by atoms with Crippen molar-refractivity contribution in [3.05, 3.63) is 82.6 Å². The summed E-state index contributed by atoms with van der Waals surface area (Å²) < 4.78 is 40.8. The lowest BCUT2D eigenvalue weighted by atomic mass is 10.0. The van der Waals surface area contributed by atoms with Gasteiger partial charge in [0.1, 0.15) is 0 Å². The second-order valence-corrected chi connectivity index (χ2v) is 6.07. The minimum Gasteiger partial charge on any atom is -0.465 e. The number of hydrogen-bond donors (Lipinski definition) is 2. The molecule has 0 radical (unpaired) electrons. The summed E-state index contributed by atoms with van der Waals surface area (Å²) in [5, 5.41) is 15.4. The zero-order valence-corrected chi connectivity index (χ0v) is 14.4. The monoisotopic (exact) mass is 395 g/mol. The van der Waals surface area contributed by atoms with E-state index in [2.05, 4.69) is 10.4 Å². The quantitative estimate of drug-likeness (QED) is 0.660. The predicted molar refractivity (Wildman–Crippen MR) is 93.0 cm³/mol. The van der Waals surface area contributed by atoms with Crippen molar-refractivity contribution in [2.75, 3.05) is 0 Å². The van der Waals surface area contributed by atoms with Gasteiger partial charge in [-0.05, 0) is 29.8 Å². The molecule has 2 aromatic carbocycles. The second-order valence-electron chi connectivity index (χ2n) is 5.64. The Hall–Kier alpha value is -3.00. The molecule has 27 heavy (non-hydrogen) atoms. The van der Waals surface area contributed by atoms with Crippen LogP contribution in [0.2, 0.25) is 5.02 Å². The molecule has 140 valence electrons. The summed E-state index contributed by atoms with van der Waals surface area (Å²) in [5.74, 6) is 0. The van der Waals surface area contributed by atoms with Crippen LogP contribution in [-0.2, 0) is 6.18 Å². The van der Waals surface area contributed by atoms with Crippen molar-refractivity contribution in [3.8, 4) is 5.69 Å². The lowest BCUT2D eigenvalue weighted by molar-refractivity contribution is -0.141. The van der Waals surface area contributed by atoms with Gasteiger partial charge in [0.2, 0.25) is 0 Å². The minimum atomic E-state index is -4.69. The number of amides is 1. The maximum Gasteiger partial charge on any atom is 0.435 e. The molecule has 2 N–H and O–H groups in total. The van der Waals surface area contributed by atoms with Gasteiger partial charge in [-0.2, -0.15) is 18.3 Å². The Balaban J connectivity index is 2.22. The summed E-state index contributed by atoms with van der Waals surface area (Å²) in [7, 11) is 0. The zero-order valence-electron chi connectivity index (χ0n) is 13.6. The summed E-state index contributed by atoms with van der Waals surface area (Å²) in [6, 6.07) is 14.2. The fourth-order valence-electron chi connectivity index (χ4n) is 2.65. The van der Waals surface area contributed by atoms with Crippen LogP contribution in [0.25, 0.3) is 5.69 Å². The molecule has 1 unspecified atom stereocenters. The summed E-state index contributed by atoms with van der Waals surface area (Å²) in [6.07, 6.45) is -6.07. The lowest BCUT2D eigenvalue weighted by Crippen LogP contribution is -2.29. The summed E-state index contributed by atoms with van der Waals surface area (Å²) in [5.41, 5.74) is -0.373. The molecule has 0 saturated heterocycles. The molecule has 0 aliphatic rings. The molecule has 0 saturated carbocycles. The number of carboxylic acid groups (broad SMARTS) is 1. The number of alkyl halides is 3. The van der Waals surface area contributed by atoms with Crippen LogP contribution in [0, 0.1) is 0 Å². The Morgan fingerprint density at radius 2 is 1.81 bits per heavy atom. The fraction of sp³-hybridized carbons (Fsp3) is 0.111. The van der Waals surface area contributed by atoms with E-state index in [-0.39, 0.29) is 11.4 Å². The van der Waals surface area contributed by atoms with E-state index in [0.717, 1.165) is 10.7 Å². The maximum atomic E-state index is 13.3. The average Bonchev–Trinajstić information content (AvgIpc) is 3.06. The van der Waals surface area contributed by atoms with Gasteiger partial charge in [-0.1, -0.05) is 48.0 Å². The molecule has 3 rings (SSSR count). The SMILES string of the molecule is O=C(O)NC(c1ccccc1)c1cc(C(F)(F)F)nn1-c1cccc(Cl)c1. The number of aromatic nitrogens is 2. The minimum absolute atomic E-state index is 0.0122. The highest BCUT2D eigenvalue weighted by atomic mass is 35.5. The van der Waals surface area contributed by atoms with E-state index in [9.17, 15) is 23.1 Å². The average molecular weight is 396 g/mol. The van der Waals surface area contributed by atoms with Crippen LogP contribution in [0.5, 0.6) is 0 Å². The number of nitrogens with one attached hydrogen (secondary N) is 1. The molecule has 0 aliphatic heterocycles. The molecular weight excluding hydrogens is 383 g/mol. The first kappa shape index (κ1) is 18.8. The van der Waals surface area contributed by atoms with Gasteiger partial charge in [0.25, 0.3) is 0 Å². The molecule has 0 fully saturated rings. The summed E-state index contributed by atoms with van der Waals surface area (Å²) in [6.45, 7) is 0. The number of halogens is 4. The van der Waals surface area contributed by atoms with Gasteiger partial charge in [-0.3, -0.25) is 0 Å². The van der Waals surface area contributed by atoms with Gasteiger partial charge in [0.15, 0.2) is 5.69 Å². The summed E-state index contributed by atoms with van der Waals surface area (Å²) in [4.78, 5) is 11.3. The van der Waals surface area contributed by atoms with Crippen molar-refractivity contribution in [3.63, 3.8) is 0 Å². The van der Waals surface area contributed by atoms with Crippen LogP contribution in [-0.4, -0.2) is 21.0 Å². The van der Waals surface area contributed by atoms with Crippen LogP contribution in [0.4, 0.5) is 18.0 Å². The van der Waals surface area contributed by atoms with Crippen LogP contribution in [0.3, 0.4) is 0 Å². The molecule has 3 aromatic rings. The lowest BCUT2D eigenvalue weighted by Gasteiger charge is -2.19. The van der Waals surface area contributed by atoms with Crippen molar-refractivity contribution in [2.45, 2.75) is 12.2 Å². The molecule has 1 atom stereocenters. The number of rotatable bonds is 4. The van der Waals surface area contributed by atoms with Gasteiger partial charge in [-0.25, -0.2) is 9.48 Å². The molecule has 1 aromatic heterocycles. The van der Waals surface area contributed by atoms with E-state index in [1.54, 1.807) is 42.5 Å². The van der Waals surface area contributed by atoms with Crippen LogP contribution >= 0.6 is 11.6 Å². The molecular formula is C18H13ClF3N3O2. The van der Waals surface area contributed by atoms with Gasteiger partial charge in [0, 0.05) is 5.02 Å². The van der Waals surface area contributed by atoms with Crippen molar-refractivity contribution in [2.24, 2.45) is 0 Å². The van der Waals surface area contributed by atoms with Crippen LogP contribution in [0.15, 0.2) is 60.7 Å². The Kier molecular flexibility index (Phi) is 5.09. The van der Waals surface area contributed by atoms with Gasteiger partial charge >= 0.3 is 12.3 Å². The third-order valence-electron chi connectivity index (χ3n) is 3.78. The molecule has 9 heteroatoms. The van der Waals surface area contributed by atoms with Crippen molar-refractivity contribution >= 4 is 17.7 Å². The first-order valence-corrected chi connectivity index (χ1v) is 8.11. The highest BCUT2D eigenvalue weighted by Gasteiger charge is 2.36. The third-order valence-corrected chi connectivity index (χ3v) is 4.01. The Morgan fingerprint density at radius 1 is 1.11 bits per heavy atom. The molecule has 0 bridgehead atoms. The highest BCUT2D eigenvalue weighted by Crippen LogP contribution is 2.33. The first-order valence-electron chi connectivity index (χ1n) is 7.73. The molecule has 0 spiro atoms. The van der Waals surface area contributed by atoms with E-state index in [1.807, 2.05) is 0 Å². The normalized spacial score (nSPS) is 12.6. The second kappa shape index (κ2) is 7.32. The van der Waals surface area contributed by atoms with Crippen molar-refractivity contribution < 1.29 is 23.1 Å². The fourth-order valence-corrected chi connectivity index (χ4v) is 2.84. The third kappa shape index (κ3) is 4.22. The van der Waals surface area contributed by atoms with Crippen LogP contribution < -0.4 is 5.32 Å². The van der Waals surface area contributed by atoms with Gasteiger partial charge < -0.3 is 10.4 Å².